The maximum atomic E-state index is 12.3. The van der Waals surface area contributed by atoms with E-state index in [9.17, 15) is 10.1 Å². The molecule has 1 heterocycles. The van der Waals surface area contributed by atoms with Gasteiger partial charge in [-0.15, -0.1) is 0 Å². The largest absolute Gasteiger partial charge is 0.493 e. The van der Waals surface area contributed by atoms with Crippen LogP contribution in [0.5, 0.6) is 11.5 Å². The van der Waals surface area contributed by atoms with Crippen LogP contribution in [0.3, 0.4) is 0 Å². The van der Waals surface area contributed by atoms with Crippen molar-refractivity contribution < 1.29 is 14.3 Å². The van der Waals surface area contributed by atoms with Gasteiger partial charge < -0.3 is 14.8 Å². The van der Waals surface area contributed by atoms with Crippen molar-refractivity contribution in [3.8, 4) is 17.6 Å². The standard InChI is InChI=1S/C24H25N3O3S/c1-4-16-5-7-20-18(11-16)13-19(14-25)24(27-20)31-15-23(28)26-10-9-17-6-8-21(29-2)22(12-17)30-3/h5-8,11-13H,4,9-10,15H2,1-3H3,(H,26,28). The number of aromatic nitrogens is 1. The summed E-state index contributed by atoms with van der Waals surface area (Å²) >= 11 is 1.28. The maximum Gasteiger partial charge on any atom is 0.230 e. The lowest BCUT2D eigenvalue weighted by molar-refractivity contribution is -0.118. The van der Waals surface area contributed by atoms with Crippen molar-refractivity contribution in [1.82, 2.24) is 10.3 Å². The third-order valence-corrected chi connectivity index (χ3v) is 5.89. The zero-order chi connectivity index (χ0) is 22.2. The number of rotatable bonds is 9. The van der Waals surface area contributed by atoms with Crippen molar-refractivity contribution in [3.63, 3.8) is 0 Å². The molecule has 7 heteroatoms. The summed E-state index contributed by atoms with van der Waals surface area (Å²) in [5.74, 6) is 1.44. The third-order valence-electron chi connectivity index (χ3n) is 4.90. The number of benzene rings is 2. The summed E-state index contributed by atoms with van der Waals surface area (Å²) in [7, 11) is 3.19. The molecule has 0 fully saturated rings. The maximum absolute atomic E-state index is 12.3. The van der Waals surface area contributed by atoms with E-state index in [2.05, 4.69) is 29.4 Å². The number of aryl methyl sites for hydroxylation is 1. The number of amides is 1. The molecule has 31 heavy (non-hydrogen) atoms. The Hall–Kier alpha value is -3.24. The SMILES string of the molecule is CCc1ccc2nc(SCC(=O)NCCc3ccc(OC)c(OC)c3)c(C#N)cc2c1. The molecule has 1 amide bonds. The van der Waals surface area contributed by atoms with Gasteiger partial charge in [0.2, 0.25) is 5.91 Å². The smallest absolute Gasteiger partial charge is 0.230 e. The molecule has 3 aromatic rings. The number of carbonyl (C=O) groups excluding carboxylic acids is 1. The van der Waals surface area contributed by atoms with Gasteiger partial charge in [-0.1, -0.05) is 30.8 Å². The van der Waals surface area contributed by atoms with Crippen molar-refractivity contribution in [2.45, 2.75) is 24.8 Å². The van der Waals surface area contributed by atoms with Gasteiger partial charge in [0.25, 0.3) is 0 Å². The van der Waals surface area contributed by atoms with Crippen LogP contribution in [0.2, 0.25) is 0 Å². The zero-order valence-electron chi connectivity index (χ0n) is 17.9. The molecule has 2 aromatic carbocycles. The lowest BCUT2D eigenvalue weighted by atomic mass is 10.1. The van der Waals surface area contributed by atoms with Crippen LogP contribution in [-0.4, -0.2) is 37.4 Å². The molecule has 0 atom stereocenters. The molecule has 0 saturated carbocycles. The number of nitriles is 1. The fourth-order valence-corrected chi connectivity index (χ4v) is 3.98. The summed E-state index contributed by atoms with van der Waals surface area (Å²) in [4.78, 5) is 16.9. The lowest BCUT2D eigenvalue weighted by Crippen LogP contribution is -2.27. The van der Waals surface area contributed by atoms with Crippen molar-refractivity contribution in [2.75, 3.05) is 26.5 Å². The molecule has 0 spiro atoms. The molecule has 0 bridgehead atoms. The Balaban J connectivity index is 1.57. The first-order chi connectivity index (χ1) is 15.1. The third kappa shape index (κ3) is 5.68. The van der Waals surface area contributed by atoms with Gasteiger partial charge in [-0.25, -0.2) is 4.98 Å². The number of pyridine rings is 1. The van der Waals surface area contributed by atoms with Gasteiger partial charge in [-0.3, -0.25) is 4.79 Å². The Morgan fingerprint density at radius 3 is 2.58 bits per heavy atom. The summed E-state index contributed by atoms with van der Waals surface area (Å²) in [6.07, 6.45) is 1.60. The first-order valence-electron chi connectivity index (χ1n) is 10.0. The van der Waals surface area contributed by atoms with E-state index in [1.54, 1.807) is 14.2 Å². The first kappa shape index (κ1) is 22.4. The van der Waals surface area contributed by atoms with E-state index in [-0.39, 0.29) is 11.7 Å². The Morgan fingerprint density at radius 1 is 1.10 bits per heavy atom. The molecule has 0 aliphatic heterocycles. The lowest BCUT2D eigenvalue weighted by Gasteiger charge is -2.10. The monoisotopic (exact) mass is 435 g/mol. The Kier molecular flexibility index (Phi) is 7.74. The Morgan fingerprint density at radius 2 is 1.87 bits per heavy atom. The molecule has 1 aromatic heterocycles. The number of fused-ring (bicyclic) bond motifs is 1. The molecular formula is C24H25N3O3S. The van der Waals surface area contributed by atoms with Crippen LogP contribution in [-0.2, 0) is 17.6 Å². The van der Waals surface area contributed by atoms with Gasteiger partial charge in [0.1, 0.15) is 11.1 Å². The molecule has 0 saturated heterocycles. The molecule has 1 N–H and O–H groups in total. The number of ether oxygens (including phenoxy) is 2. The minimum Gasteiger partial charge on any atom is -0.493 e. The number of nitrogens with one attached hydrogen (secondary N) is 1. The van der Waals surface area contributed by atoms with Crippen LogP contribution >= 0.6 is 11.8 Å². The van der Waals surface area contributed by atoms with E-state index < -0.39 is 0 Å². The van der Waals surface area contributed by atoms with Gasteiger partial charge in [0.15, 0.2) is 11.5 Å². The number of hydrogen-bond acceptors (Lipinski definition) is 6. The number of thioether (sulfide) groups is 1. The first-order valence-corrected chi connectivity index (χ1v) is 11.0. The summed E-state index contributed by atoms with van der Waals surface area (Å²) in [6.45, 7) is 2.60. The number of methoxy groups -OCH3 is 2. The van der Waals surface area contributed by atoms with Crippen LogP contribution in [0.15, 0.2) is 47.5 Å². The number of nitrogens with zero attached hydrogens (tertiary/aromatic N) is 2. The summed E-state index contributed by atoms with van der Waals surface area (Å²) < 4.78 is 10.5. The van der Waals surface area contributed by atoms with Crippen molar-refractivity contribution in [3.05, 3.63) is 59.2 Å². The van der Waals surface area contributed by atoms with E-state index in [0.29, 0.717) is 35.1 Å². The second kappa shape index (κ2) is 10.7. The fraction of sp³-hybridized carbons (Fsp3) is 0.292. The van der Waals surface area contributed by atoms with Gasteiger partial charge in [0.05, 0.1) is 31.1 Å². The minimum absolute atomic E-state index is 0.0994. The zero-order valence-corrected chi connectivity index (χ0v) is 18.7. The fourth-order valence-electron chi connectivity index (χ4n) is 3.19. The van der Waals surface area contributed by atoms with Crippen molar-refractivity contribution in [1.29, 1.82) is 5.26 Å². The highest BCUT2D eigenvalue weighted by atomic mass is 32.2. The van der Waals surface area contributed by atoms with E-state index in [4.69, 9.17) is 9.47 Å². The van der Waals surface area contributed by atoms with Gasteiger partial charge >= 0.3 is 0 Å². The van der Waals surface area contributed by atoms with E-state index in [1.165, 1.54) is 17.3 Å². The van der Waals surface area contributed by atoms with Gasteiger partial charge in [-0.05, 0) is 54.3 Å². The predicted octanol–water partition coefficient (Wildman–Crippen LogP) is 4.14. The second-order valence-corrected chi connectivity index (χ2v) is 7.88. The van der Waals surface area contributed by atoms with Crippen molar-refractivity contribution in [2.24, 2.45) is 0 Å². The average Bonchev–Trinajstić information content (AvgIpc) is 2.81. The number of hydrogen-bond donors (Lipinski definition) is 1. The Labute approximate surface area is 186 Å². The highest BCUT2D eigenvalue weighted by Crippen LogP contribution is 2.28. The molecule has 3 rings (SSSR count). The quantitative estimate of drug-likeness (QED) is 0.509. The van der Waals surface area contributed by atoms with Crippen LogP contribution in [0.4, 0.5) is 0 Å². The highest BCUT2D eigenvalue weighted by Gasteiger charge is 2.11. The molecule has 0 radical (unpaired) electrons. The van der Waals surface area contributed by atoms with E-state index in [0.717, 1.165) is 22.9 Å². The minimum atomic E-state index is -0.0994. The van der Waals surface area contributed by atoms with E-state index in [1.807, 2.05) is 36.4 Å². The summed E-state index contributed by atoms with van der Waals surface area (Å²) in [6, 6.07) is 15.8. The Bertz CT molecular complexity index is 1120. The van der Waals surface area contributed by atoms with Crippen LogP contribution < -0.4 is 14.8 Å². The molecule has 0 aliphatic rings. The topological polar surface area (TPSA) is 84.2 Å². The molecular weight excluding hydrogens is 410 g/mol. The van der Waals surface area contributed by atoms with Crippen molar-refractivity contribution >= 4 is 28.6 Å². The average molecular weight is 436 g/mol. The molecule has 0 unspecified atom stereocenters. The predicted molar refractivity (Wildman–Crippen MR) is 123 cm³/mol. The molecule has 0 aliphatic carbocycles. The summed E-state index contributed by atoms with van der Waals surface area (Å²) in [5, 5.41) is 13.9. The molecule has 6 nitrogen and oxygen atoms in total. The van der Waals surface area contributed by atoms with Gasteiger partial charge in [0, 0.05) is 11.9 Å². The van der Waals surface area contributed by atoms with E-state index >= 15 is 0 Å². The van der Waals surface area contributed by atoms with Crippen LogP contribution in [0, 0.1) is 11.3 Å². The van der Waals surface area contributed by atoms with Crippen LogP contribution in [0.25, 0.3) is 10.9 Å². The van der Waals surface area contributed by atoms with Gasteiger partial charge in [-0.2, -0.15) is 5.26 Å². The normalized spacial score (nSPS) is 10.5. The highest BCUT2D eigenvalue weighted by molar-refractivity contribution is 8.00. The molecule has 160 valence electrons. The second-order valence-electron chi connectivity index (χ2n) is 6.91. The van der Waals surface area contributed by atoms with Crippen LogP contribution in [0.1, 0.15) is 23.6 Å². The summed E-state index contributed by atoms with van der Waals surface area (Å²) in [5.41, 5.74) is 3.56. The number of carbonyl (C=O) groups is 1.